The van der Waals surface area contributed by atoms with Crippen LogP contribution in [0.1, 0.15) is 46.1 Å². The highest BCUT2D eigenvalue weighted by Gasteiger charge is 2.36. The molecular formula is C28H31N3O4. The SMILES string of the molecule is COc1ccc(C(CNC(=O)C2Cc3ccccc3CN2C(=O)c2ccco2)N2CCCC2)cc1. The molecule has 2 amide bonds. The lowest BCUT2D eigenvalue weighted by Gasteiger charge is -2.36. The minimum atomic E-state index is -0.599. The quantitative estimate of drug-likeness (QED) is 0.565. The van der Waals surface area contributed by atoms with Crippen molar-refractivity contribution in [1.82, 2.24) is 15.1 Å². The lowest BCUT2D eigenvalue weighted by Crippen LogP contribution is -2.53. The molecule has 0 bridgehead atoms. The maximum atomic E-state index is 13.6. The Morgan fingerprint density at radius 1 is 1.03 bits per heavy atom. The summed E-state index contributed by atoms with van der Waals surface area (Å²) < 4.78 is 10.7. The number of likely N-dealkylation sites (tertiary alicyclic amines) is 1. The van der Waals surface area contributed by atoms with Crippen LogP contribution in [0.25, 0.3) is 0 Å². The summed E-state index contributed by atoms with van der Waals surface area (Å²) in [7, 11) is 1.66. The zero-order valence-corrected chi connectivity index (χ0v) is 20.0. The molecular weight excluding hydrogens is 442 g/mol. The lowest BCUT2D eigenvalue weighted by atomic mass is 9.93. The number of hydrogen-bond donors (Lipinski definition) is 1. The second kappa shape index (κ2) is 10.4. The molecule has 0 saturated carbocycles. The van der Waals surface area contributed by atoms with Gasteiger partial charge in [0, 0.05) is 19.5 Å². The first-order valence-electron chi connectivity index (χ1n) is 12.2. The minimum Gasteiger partial charge on any atom is -0.497 e. The van der Waals surface area contributed by atoms with Crippen LogP contribution in [-0.2, 0) is 17.8 Å². The number of carbonyl (C=O) groups is 2. The van der Waals surface area contributed by atoms with E-state index in [-0.39, 0.29) is 23.6 Å². The number of nitrogens with zero attached hydrogens (tertiary/aromatic N) is 2. The molecule has 3 heterocycles. The van der Waals surface area contributed by atoms with Gasteiger partial charge in [0.05, 0.1) is 19.4 Å². The van der Waals surface area contributed by atoms with Gasteiger partial charge in [-0.2, -0.15) is 0 Å². The molecule has 182 valence electrons. The molecule has 5 rings (SSSR count). The van der Waals surface area contributed by atoms with E-state index >= 15 is 0 Å². The van der Waals surface area contributed by atoms with Gasteiger partial charge in [0.1, 0.15) is 11.8 Å². The molecule has 7 heteroatoms. The van der Waals surface area contributed by atoms with E-state index in [2.05, 4.69) is 22.3 Å². The number of nitrogens with one attached hydrogen (secondary N) is 1. The van der Waals surface area contributed by atoms with E-state index in [4.69, 9.17) is 9.15 Å². The molecule has 7 nitrogen and oxygen atoms in total. The Hall–Kier alpha value is -3.58. The van der Waals surface area contributed by atoms with Crippen LogP contribution >= 0.6 is 0 Å². The number of hydrogen-bond acceptors (Lipinski definition) is 5. The van der Waals surface area contributed by atoms with Gasteiger partial charge in [0.15, 0.2) is 5.76 Å². The van der Waals surface area contributed by atoms with Gasteiger partial charge >= 0.3 is 0 Å². The van der Waals surface area contributed by atoms with Gasteiger partial charge in [-0.05, 0) is 66.9 Å². The van der Waals surface area contributed by atoms with Crippen molar-refractivity contribution in [3.05, 3.63) is 89.4 Å². The predicted molar refractivity (Wildman–Crippen MR) is 132 cm³/mol. The Balaban J connectivity index is 1.36. The summed E-state index contributed by atoms with van der Waals surface area (Å²) in [5.74, 6) is 0.647. The molecule has 3 aromatic rings. The average molecular weight is 474 g/mol. The number of carbonyl (C=O) groups excluding carboxylic acids is 2. The van der Waals surface area contributed by atoms with Crippen molar-refractivity contribution in [2.45, 2.75) is 37.9 Å². The van der Waals surface area contributed by atoms with Crippen LogP contribution in [0.5, 0.6) is 5.75 Å². The topological polar surface area (TPSA) is 75.0 Å². The summed E-state index contributed by atoms with van der Waals surface area (Å²) in [6, 6.07) is 18.8. The molecule has 2 aliphatic rings. The molecule has 0 radical (unpaired) electrons. The van der Waals surface area contributed by atoms with E-state index in [0.717, 1.165) is 48.4 Å². The van der Waals surface area contributed by atoms with Gasteiger partial charge in [-0.1, -0.05) is 36.4 Å². The third kappa shape index (κ3) is 4.95. The molecule has 35 heavy (non-hydrogen) atoms. The molecule has 2 unspecified atom stereocenters. The summed E-state index contributed by atoms with van der Waals surface area (Å²) in [5.41, 5.74) is 3.30. The number of benzene rings is 2. The average Bonchev–Trinajstić information content (AvgIpc) is 3.63. The highest BCUT2D eigenvalue weighted by molar-refractivity contribution is 5.96. The fourth-order valence-electron chi connectivity index (χ4n) is 5.16. The third-order valence-corrected chi connectivity index (χ3v) is 7.10. The summed E-state index contributed by atoms with van der Waals surface area (Å²) in [6.07, 6.45) is 4.28. The van der Waals surface area contributed by atoms with Gasteiger partial charge in [-0.15, -0.1) is 0 Å². The van der Waals surface area contributed by atoms with Crippen LogP contribution in [0.15, 0.2) is 71.3 Å². The molecule has 2 atom stereocenters. The first kappa shape index (κ1) is 23.2. The number of methoxy groups -OCH3 is 1. The van der Waals surface area contributed by atoms with Gasteiger partial charge in [0.2, 0.25) is 5.91 Å². The van der Waals surface area contributed by atoms with Crippen molar-refractivity contribution in [1.29, 1.82) is 0 Å². The number of amides is 2. The van der Waals surface area contributed by atoms with E-state index in [9.17, 15) is 9.59 Å². The molecule has 0 spiro atoms. The van der Waals surface area contributed by atoms with E-state index in [0.29, 0.717) is 19.5 Å². The fourth-order valence-corrected chi connectivity index (χ4v) is 5.16. The number of furan rings is 1. The third-order valence-electron chi connectivity index (χ3n) is 7.10. The van der Waals surface area contributed by atoms with Crippen LogP contribution in [-0.4, -0.2) is 54.4 Å². The molecule has 2 aliphatic heterocycles. The first-order valence-corrected chi connectivity index (χ1v) is 12.2. The Kier molecular flexibility index (Phi) is 6.86. The van der Waals surface area contributed by atoms with Crippen molar-refractivity contribution in [2.75, 3.05) is 26.7 Å². The zero-order valence-electron chi connectivity index (χ0n) is 20.0. The van der Waals surface area contributed by atoms with Crippen molar-refractivity contribution in [3.8, 4) is 5.75 Å². The molecule has 0 aliphatic carbocycles. The van der Waals surface area contributed by atoms with E-state index < -0.39 is 6.04 Å². The number of fused-ring (bicyclic) bond motifs is 1. The van der Waals surface area contributed by atoms with Gasteiger partial charge in [-0.25, -0.2) is 0 Å². The van der Waals surface area contributed by atoms with Crippen molar-refractivity contribution < 1.29 is 18.7 Å². The highest BCUT2D eigenvalue weighted by atomic mass is 16.5. The molecule has 1 N–H and O–H groups in total. The first-order chi connectivity index (χ1) is 17.1. The summed E-state index contributed by atoms with van der Waals surface area (Å²) >= 11 is 0. The van der Waals surface area contributed by atoms with Gasteiger partial charge in [0.25, 0.3) is 5.91 Å². The van der Waals surface area contributed by atoms with Crippen LogP contribution in [0.4, 0.5) is 0 Å². The molecule has 2 aromatic carbocycles. The Morgan fingerprint density at radius 2 is 1.77 bits per heavy atom. The summed E-state index contributed by atoms with van der Waals surface area (Å²) in [5, 5.41) is 3.18. The van der Waals surface area contributed by atoms with Crippen LogP contribution < -0.4 is 10.1 Å². The maximum absolute atomic E-state index is 13.6. The van der Waals surface area contributed by atoms with Crippen LogP contribution in [0.3, 0.4) is 0 Å². The fraction of sp³-hybridized carbons (Fsp3) is 0.357. The highest BCUT2D eigenvalue weighted by Crippen LogP contribution is 2.28. The van der Waals surface area contributed by atoms with Gasteiger partial charge < -0.3 is 19.4 Å². The van der Waals surface area contributed by atoms with Crippen molar-refractivity contribution >= 4 is 11.8 Å². The Bertz CT molecular complexity index is 1150. The predicted octanol–water partition coefficient (Wildman–Crippen LogP) is 3.81. The normalized spacial score (nSPS) is 18.7. The second-order valence-corrected chi connectivity index (χ2v) is 9.18. The lowest BCUT2D eigenvalue weighted by molar-refractivity contribution is -0.126. The van der Waals surface area contributed by atoms with E-state index in [1.165, 1.54) is 6.26 Å². The Morgan fingerprint density at radius 3 is 2.46 bits per heavy atom. The van der Waals surface area contributed by atoms with Crippen molar-refractivity contribution in [2.24, 2.45) is 0 Å². The number of ether oxygens (including phenoxy) is 1. The zero-order chi connectivity index (χ0) is 24.2. The summed E-state index contributed by atoms with van der Waals surface area (Å²) in [4.78, 5) is 30.9. The molecule has 1 fully saturated rings. The van der Waals surface area contributed by atoms with Crippen molar-refractivity contribution in [3.63, 3.8) is 0 Å². The smallest absolute Gasteiger partial charge is 0.290 e. The monoisotopic (exact) mass is 473 g/mol. The van der Waals surface area contributed by atoms with E-state index in [1.807, 2.05) is 36.4 Å². The molecule has 1 aromatic heterocycles. The molecule has 1 saturated heterocycles. The van der Waals surface area contributed by atoms with E-state index in [1.54, 1.807) is 24.1 Å². The maximum Gasteiger partial charge on any atom is 0.290 e. The largest absolute Gasteiger partial charge is 0.497 e. The standard InChI is InChI=1S/C28H31N3O4/c1-34-23-12-10-20(11-13-23)25(30-14-4-5-15-30)18-29-27(32)24-17-21-7-2-3-8-22(21)19-31(24)28(33)26-9-6-16-35-26/h2-3,6-13,16,24-25H,4-5,14-15,17-19H2,1H3,(H,29,32). The number of rotatable bonds is 7. The van der Waals surface area contributed by atoms with Gasteiger partial charge in [-0.3, -0.25) is 14.5 Å². The van der Waals surface area contributed by atoms with Crippen LogP contribution in [0.2, 0.25) is 0 Å². The summed E-state index contributed by atoms with van der Waals surface area (Å²) in [6.45, 7) is 2.87. The second-order valence-electron chi connectivity index (χ2n) is 9.18. The minimum absolute atomic E-state index is 0.0671. The van der Waals surface area contributed by atoms with Crippen LogP contribution in [0, 0.1) is 0 Å². The Labute approximate surface area is 205 Å².